The van der Waals surface area contributed by atoms with Crippen molar-refractivity contribution in [3.05, 3.63) is 42.0 Å². The molecule has 5 rings (SSSR count). The Labute approximate surface area is 453 Å². The maximum Gasteiger partial charge on any atom is 0.307 e. The number of anilines is 1. The number of rotatable bonds is 35. The van der Waals surface area contributed by atoms with Gasteiger partial charge in [-0.05, 0) is 99.2 Å². The Kier molecular flexibility index (Phi) is 28.6. The number of carbonyl (C=O) groups is 4. The van der Waals surface area contributed by atoms with E-state index in [1.165, 1.54) is 36.5 Å². The standard InChI is InChI=1S/C55H84N6O13S2/c1-41-37-44(19-21-48(41)59-60-55-58-49-22-20-45(76(2,68)69)38-50(49)75-55)61(25-29-72-33-31-70-27-13-23-56-51(62)39-46(53(64)65)42-15-9-5-3-6-10-16-42)26-30-73-34-36-74-35-32-71-28-14-24-57-52(63)40-47(54(66)67)43-17-11-7-4-8-12-18-43/h19-22,37-38,42-43,46-47H,3-18,23-36,39-40H2,1-2H3,(H,56,62)(H,57,63)(H,64,65)(H,66,67). The van der Waals surface area contributed by atoms with Gasteiger partial charge in [-0.25, -0.2) is 13.4 Å². The normalized spacial score (nSPS) is 16.1. The average Bonchev–Trinajstić information content (AvgIpc) is 3.78. The van der Waals surface area contributed by atoms with Crippen molar-refractivity contribution < 1.29 is 61.5 Å². The maximum absolute atomic E-state index is 12.7. The Morgan fingerprint density at radius 2 is 1.11 bits per heavy atom. The predicted octanol–water partition coefficient (Wildman–Crippen LogP) is 9.23. The van der Waals surface area contributed by atoms with Gasteiger partial charge in [-0.1, -0.05) is 75.5 Å². The van der Waals surface area contributed by atoms with E-state index in [4.69, 9.17) is 23.7 Å². The average molecular weight is 1100 g/mol. The Balaban J connectivity index is 0.990. The summed E-state index contributed by atoms with van der Waals surface area (Å²) in [6.45, 7) is 7.96. The minimum Gasteiger partial charge on any atom is -0.481 e. The zero-order valence-corrected chi connectivity index (χ0v) is 46.5. The van der Waals surface area contributed by atoms with Crippen LogP contribution in [0, 0.1) is 30.6 Å². The fraction of sp³-hybridized carbons (Fsp3) is 0.691. The van der Waals surface area contributed by atoms with Crippen LogP contribution in [0.1, 0.15) is 121 Å². The molecule has 2 amide bonds. The van der Waals surface area contributed by atoms with Crippen LogP contribution in [0.5, 0.6) is 0 Å². The summed E-state index contributed by atoms with van der Waals surface area (Å²) in [4.78, 5) is 56.2. The van der Waals surface area contributed by atoms with Crippen molar-refractivity contribution in [2.24, 2.45) is 33.9 Å². The molecular formula is C55H84N6O13S2. The van der Waals surface area contributed by atoms with Crippen molar-refractivity contribution >= 4 is 71.6 Å². The SMILES string of the molecule is Cc1cc(N(CCOCCOCCCNC(=O)CC(C(=O)O)C2CCCCCCC2)CCOCCOCCOCCCNC(=O)CC(C(=O)O)C2CCCCCCC2)ccc1N=Nc1nc2ccc(S(C)(=O)=O)cc2s1. The van der Waals surface area contributed by atoms with Crippen LogP contribution in [0.2, 0.25) is 0 Å². The second-order valence-corrected chi connectivity index (χ2v) is 23.1. The highest BCUT2D eigenvalue weighted by Gasteiger charge is 2.31. The molecule has 2 aliphatic carbocycles. The van der Waals surface area contributed by atoms with E-state index in [1.54, 1.807) is 12.1 Å². The zero-order chi connectivity index (χ0) is 54.4. The van der Waals surface area contributed by atoms with Gasteiger partial charge in [0, 0.05) is 64.2 Å². The van der Waals surface area contributed by atoms with Gasteiger partial charge in [-0.3, -0.25) is 19.2 Å². The van der Waals surface area contributed by atoms with Crippen LogP contribution in [-0.2, 0) is 52.7 Å². The summed E-state index contributed by atoms with van der Waals surface area (Å²) < 4.78 is 53.9. The van der Waals surface area contributed by atoms with E-state index in [1.807, 2.05) is 25.1 Å². The second-order valence-electron chi connectivity index (χ2n) is 20.0. The minimum absolute atomic E-state index is 0.00921. The van der Waals surface area contributed by atoms with Crippen molar-refractivity contribution in [3.8, 4) is 0 Å². The number of nitrogens with zero attached hydrogens (tertiary/aromatic N) is 4. The van der Waals surface area contributed by atoms with Crippen LogP contribution in [-0.4, -0.2) is 146 Å². The molecule has 0 aliphatic heterocycles. The number of aryl methyl sites for hydroxylation is 1. The summed E-state index contributed by atoms with van der Waals surface area (Å²) in [5.74, 6) is -3.39. The second kappa shape index (κ2) is 35.0. The summed E-state index contributed by atoms with van der Waals surface area (Å²) in [5, 5.41) is 34.7. The largest absolute Gasteiger partial charge is 0.481 e. The number of fused-ring (bicyclic) bond motifs is 1. The van der Waals surface area contributed by atoms with E-state index in [9.17, 15) is 37.8 Å². The third-order valence-corrected chi connectivity index (χ3v) is 16.2. The topological polar surface area (TPSA) is 254 Å². The number of hydrogen-bond acceptors (Lipinski definition) is 16. The van der Waals surface area contributed by atoms with Gasteiger partial charge in [0.25, 0.3) is 0 Å². The zero-order valence-electron chi connectivity index (χ0n) is 44.9. The third-order valence-electron chi connectivity index (χ3n) is 14.2. The molecule has 2 aliphatic rings. The monoisotopic (exact) mass is 1100 g/mol. The summed E-state index contributed by atoms with van der Waals surface area (Å²) >= 11 is 1.26. The molecule has 19 nitrogen and oxygen atoms in total. The first-order valence-electron chi connectivity index (χ1n) is 27.5. The summed E-state index contributed by atoms with van der Waals surface area (Å²) in [7, 11) is -3.36. The number of nitrogens with one attached hydrogen (secondary N) is 2. The number of azo groups is 1. The van der Waals surface area contributed by atoms with Crippen molar-refractivity contribution in [1.29, 1.82) is 0 Å². The number of hydrogen-bond donors (Lipinski definition) is 4. The Bertz CT molecular complexity index is 2350. The highest BCUT2D eigenvalue weighted by atomic mass is 32.2. The van der Waals surface area contributed by atoms with Crippen molar-refractivity contribution in [3.63, 3.8) is 0 Å². The van der Waals surface area contributed by atoms with E-state index in [0.29, 0.717) is 126 Å². The van der Waals surface area contributed by atoms with Crippen LogP contribution < -0.4 is 15.5 Å². The van der Waals surface area contributed by atoms with E-state index < -0.39 is 33.6 Å². The number of amides is 2. The maximum atomic E-state index is 12.7. The summed E-state index contributed by atoms with van der Waals surface area (Å²) in [6.07, 6.45) is 16.9. The number of carbonyl (C=O) groups excluding carboxylic acids is 2. The van der Waals surface area contributed by atoms with Crippen molar-refractivity contribution in [2.75, 3.05) is 103 Å². The van der Waals surface area contributed by atoms with E-state index in [-0.39, 0.29) is 41.4 Å². The number of carboxylic acid groups (broad SMARTS) is 2. The molecule has 0 saturated heterocycles. The number of aromatic nitrogens is 1. The predicted molar refractivity (Wildman–Crippen MR) is 293 cm³/mol. The molecule has 76 heavy (non-hydrogen) atoms. The molecule has 2 atom stereocenters. The van der Waals surface area contributed by atoms with Gasteiger partial charge in [0.05, 0.1) is 85.5 Å². The molecule has 2 unspecified atom stereocenters. The molecular weight excluding hydrogens is 1020 g/mol. The smallest absolute Gasteiger partial charge is 0.307 e. The molecule has 4 N–H and O–H groups in total. The van der Waals surface area contributed by atoms with Crippen molar-refractivity contribution in [2.45, 2.75) is 127 Å². The number of benzene rings is 2. The first kappa shape index (κ1) is 62.2. The number of aliphatic carboxylic acids is 2. The third kappa shape index (κ3) is 23.5. The highest BCUT2D eigenvalue weighted by molar-refractivity contribution is 7.90. The lowest BCUT2D eigenvalue weighted by Gasteiger charge is -2.25. The van der Waals surface area contributed by atoms with E-state index >= 15 is 0 Å². The fourth-order valence-corrected chi connectivity index (χ4v) is 11.4. The fourth-order valence-electron chi connectivity index (χ4n) is 9.83. The van der Waals surface area contributed by atoms with Gasteiger partial charge in [-0.15, -0.1) is 10.2 Å². The lowest BCUT2D eigenvalue weighted by molar-refractivity contribution is -0.147. The van der Waals surface area contributed by atoms with Gasteiger partial charge in [-0.2, -0.15) is 0 Å². The lowest BCUT2D eigenvalue weighted by Crippen LogP contribution is -2.33. The number of ether oxygens (including phenoxy) is 5. The first-order valence-corrected chi connectivity index (χ1v) is 30.2. The highest BCUT2D eigenvalue weighted by Crippen LogP contribution is 2.34. The summed E-state index contributed by atoms with van der Waals surface area (Å²) in [5.41, 5.74) is 3.14. The molecule has 2 saturated carbocycles. The molecule has 0 bridgehead atoms. The molecule has 0 spiro atoms. The number of sulfone groups is 1. The quantitative estimate of drug-likeness (QED) is 0.0316. The lowest BCUT2D eigenvalue weighted by atomic mass is 9.80. The Morgan fingerprint density at radius 3 is 1.57 bits per heavy atom. The molecule has 1 aromatic heterocycles. The van der Waals surface area contributed by atoms with Crippen LogP contribution in [0.25, 0.3) is 10.2 Å². The van der Waals surface area contributed by atoms with Gasteiger partial charge in [0.2, 0.25) is 16.9 Å². The molecule has 0 radical (unpaired) electrons. The summed E-state index contributed by atoms with van der Waals surface area (Å²) in [6, 6.07) is 10.7. The Hall–Kier alpha value is -4.64. The van der Waals surface area contributed by atoms with Gasteiger partial charge in [0.1, 0.15) is 0 Å². The Morgan fingerprint density at radius 1 is 0.645 bits per heavy atom. The van der Waals surface area contributed by atoms with Gasteiger partial charge < -0.3 is 49.4 Å². The van der Waals surface area contributed by atoms with Crippen LogP contribution in [0.15, 0.2) is 51.5 Å². The van der Waals surface area contributed by atoms with Gasteiger partial charge >= 0.3 is 11.9 Å². The molecule has 1 heterocycles. The number of carboxylic acids is 2. The first-order chi connectivity index (χ1) is 36.8. The molecule has 2 aromatic carbocycles. The van der Waals surface area contributed by atoms with Crippen LogP contribution in [0.3, 0.4) is 0 Å². The molecule has 424 valence electrons. The molecule has 21 heteroatoms. The van der Waals surface area contributed by atoms with E-state index in [0.717, 1.165) is 88.3 Å². The number of thiazole rings is 1. The molecule has 3 aromatic rings. The van der Waals surface area contributed by atoms with Gasteiger partial charge in [0.15, 0.2) is 9.84 Å². The minimum atomic E-state index is -3.36. The van der Waals surface area contributed by atoms with Crippen LogP contribution in [0.4, 0.5) is 16.5 Å². The molecule has 2 fully saturated rings. The van der Waals surface area contributed by atoms with Crippen molar-refractivity contribution in [1.82, 2.24) is 15.6 Å². The van der Waals surface area contributed by atoms with E-state index in [2.05, 4.69) is 30.7 Å². The van der Waals surface area contributed by atoms with Crippen LogP contribution >= 0.6 is 11.3 Å².